The lowest BCUT2D eigenvalue weighted by atomic mass is 10.1. The molecule has 0 aliphatic carbocycles. The first-order valence-electron chi connectivity index (χ1n) is 12.8. The quantitative estimate of drug-likeness (QED) is 0.152. The fraction of sp³-hybridized carbons (Fsp3) is 0.739. The highest BCUT2D eigenvalue weighted by Gasteiger charge is 2.31. The van der Waals surface area contributed by atoms with Crippen molar-refractivity contribution in [3.63, 3.8) is 0 Å². The van der Waals surface area contributed by atoms with Gasteiger partial charge in [-0.05, 0) is 27.3 Å². The molecule has 14 nitrogen and oxygen atoms in total. The second-order valence-corrected chi connectivity index (χ2v) is 14.4. The predicted octanol–water partition coefficient (Wildman–Crippen LogP) is -1.53. The monoisotopic (exact) mass is 656 g/mol. The van der Waals surface area contributed by atoms with E-state index in [0.29, 0.717) is 12.2 Å². The molecule has 41 heavy (non-hydrogen) atoms. The number of likely N-dealkylation sites (N-methyl/N-ethyl adjacent to an activating group) is 1. The summed E-state index contributed by atoms with van der Waals surface area (Å²) in [6, 6.07) is -5.71. The van der Waals surface area contributed by atoms with Gasteiger partial charge in [0.1, 0.15) is 12.1 Å². The zero-order valence-corrected chi connectivity index (χ0v) is 26.6. The number of carbonyl (C=O) groups excluding carboxylic acids is 5. The number of Topliss-reactive ketones (excluding diaryl/α,β-unsaturated/α-hetero) is 1. The topological polar surface area (TPSA) is 229 Å². The van der Waals surface area contributed by atoms with Gasteiger partial charge < -0.3 is 42.5 Å². The molecule has 18 heteroatoms. The summed E-state index contributed by atoms with van der Waals surface area (Å²) in [4.78, 5) is 74.9. The molecule has 9 N–H and O–H groups in total. The van der Waals surface area contributed by atoms with Crippen molar-refractivity contribution in [2.45, 2.75) is 76.0 Å². The van der Waals surface area contributed by atoms with Gasteiger partial charge in [0, 0.05) is 29.1 Å². The second kappa shape index (κ2) is 19.5. The van der Waals surface area contributed by atoms with E-state index in [0.717, 1.165) is 0 Å². The molecule has 234 valence electrons. The van der Waals surface area contributed by atoms with Crippen molar-refractivity contribution < 1.29 is 39.0 Å². The van der Waals surface area contributed by atoms with Crippen molar-refractivity contribution in [1.82, 2.24) is 26.6 Å². The Morgan fingerprint density at radius 3 is 2.10 bits per heavy atom. The number of aliphatic hydroxyl groups is 1. The minimum Gasteiger partial charge on any atom is -0.481 e. The van der Waals surface area contributed by atoms with Crippen LogP contribution in [0.4, 0.5) is 0 Å². The minimum absolute atomic E-state index is 0.0992. The normalized spacial score (nSPS) is 29.4. The summed E-state index contributed by atoms with van der Waals surface area (Å²) >= 11 is 0. The first-order valence-corrected chi connectivity index (χ1v) is 17.8. The van der Waals surface area contributed by atoms with Crippen molar-refractivity contribution in [1.29, 1.82) is 0 Å². The Balaban J connectivity index is 3.15. The lowest BCUT2D eigenvalue weighted by Crippen LogP contribution is -2.58. The highest BCUT2D eigenvalue weighted by Crippen LogP contribution is 2.24. The number of carboxylic acid groups (broad SMARTS) is 1. The van der Waals surface area contributed by atoms with Gasteiger partial charge >= 0.3 is 5.97 Å². The molecule has 0 aromatic carbocycles. The maximum absolute atomic E-state index is 12.9. The van der Waals surface area contributed by atoms with Crippen molar-refractivity contribution in [2.24, 2.45) is 5.73 Å². The van der Waals surface area contributed by atoms with E-state index in [1.165, 1.54) is 57.0 Å². The summed E-state index contributed by atoms with van der Waals surface area (Å²) in [7, 11) is 6.60. The average Bonchev–Trinajstić information content (AvgIpc) is 2.90. The third-order valence-electron chi connectivity index (χ3n) is 5.88. The Bertz CT molecular complexity index is 931. The van der Waals surface area contributed by atoms with Crippen LogP contribution in [0.2, 0.25) is 0 Å². The lowest BCUT2D eigenvalue weighted by molar-refractivity contribution is -0.141. The van der Waals surface area contributed by atoms with Gasteiger partial charge in [-0.2, -0.15) is 0 Å². The van der Waals surface area contributed by atoms with Crippen LogP contribution in [-0.4, -0.2) is 118 Å². The first-order chi connectivity index (χ1) is 19.3. The number of amides is 4. The molecule has 0 aromatic rings. The Morgan fingerprint density at radius 2 is 1.54 bits per heavy atom. The molecule has 0 radical (unpaired) electrons. The number of hydrogen-bond acceptors (Lipinski definition) is 13. The highest BCUT2D eigenvalue weighted by molar-refractivity contribution is 8.77. The van der Waals surface area contributed by atoms with Crippen LogP contribution in [-0.2, 0) is 28.8 Å². The summed E-state index contributed by atoms with van der Waals surface area (Å²) in [6.07, 6.45) is -1.31. The summed E-state index contributed by atoms with van der Waals surface area (Å²) in [5.74, 6) is -3.41. The zero-order valence-electron chi connectivity index (χ0n) is 23.3. The summed E-state index contributed by atoms with van der Waals surface area (Å²) < 4.78 is 0. The number of ketones is 1. The fourth-order valence-electron chi connectivity index (χ4n) is 3.26. The van der Waals surface area contributed by atoms with E-state index < -0.39 is 72.3 Å². The number of nitrogens with two attached hydrogens (primary N) is 1. The van der Waals surface area contributed by atoms with Gasteiger partial charge in [0.05, 0.1) is 30.7 Å². The maximum atomic E-state index is 12.9. The van der Waals surface area contributed by atoms with Crippen molar-refractivity contribution in [2.75, 3.05) is 30.1 Å². The van der Waals surface area contributed by atoms with E-state index in [9.17, 15) is 39.0 Å². The smallest absolute Gasteiger partial charge is 0.305 e. The minimum atomic E-state index is -1.44. The molecule has 7 atom stereocenters. The zero-order chi connectivity index (χ0) is 31.1. The molecule has 1 heterocycles. The maximum Gasteiger partial charge on any atom is 0.305 e. The van der Waals surface area contributed by atoms with Gasteiger partial charge in [-0.25, -0.2) is 0 Å². The van der Waals surface area contributed by atoms with Crippen LogP contribution in [0.1, 0.15) is 33.6 Å². The van der Waals surface area contributed by atoms with E-state index in [1.807, 2.05) is 6.92 Å². The van der Waals surface area contributed by atoms with Gasteiger partial charge in [-0.3, -0.25) is 28.8 Å². The number of hydrogen-bond donors (Lipinski definition) is 8. The van der Waals surface area contributed by atoms with Crippen LogP contribution in [0.25, 0.3) is 0 Å². The molecule has 1 aliphatic rings. The van der Waals surface area contributed by atoms with Gasteiger partial charge in [0.15, 0.2) is 5.78 Å². The Labute approximate surface area is 255 Å². The molecular weight excluding hydrogens is 617 g/mol. The third-order valence-corrected chi connectivity index (χ3v) is 10.8. The number of carbonyl (C=O) groups is 6. The highest BCUT2D eigenvalue weighted by atomic mass is 33.1. The van der Waals surface area contributed by atoms with Crippen LogP contribution < -0.4 is 32.3 Å². The largest absolute Gasteiger partial charge is 0.481 e. The molecule has 0 saturated carbocycles. The van der Waals surface area contributed by atoms with Gasteiger partial charge in [0.2, 0.25) is 23.6 Å². The van der Waals surface area contributed by atoms with Crippen LogP contribution in [0.3, 0.4) is 0 Å². The molecule has 0 spiro atoms. The predicted molar refractivity (Wildman–Crippen MR) is 163 cm³/mol. The summed E-state index contributed by atoms with van der Waals surface area (Å²) in [6.45, 7) is 4.54. The van der Waals surface area contributed by atoms with Crippen LogP contribution in [0, 0.1) is 0 Å². The van der Waals surface area contributed by atoms with Crippen LogP contribution >= 0.6 is 43.2 Å². The summed E-state index contributed by atoms with van der Waals surface area (Å²) in [5.41, 5.74) is 5.96. The van der Waals surface area contributed by atoms with E-state index in [-0.39, 0.29) is 29.1 Å². The van der Waals surface area contributed by atoms with Crippen molar-refractivity contribution >= 4 is 78.6 Å². The molecule has 4 amide bonds. The van der Waals surface area contributed by atoms with Gasteiger partial charge in [-0.1, -0.05) is 50.1 Å². The molecule has 0 bridgehead atoms. The van der Waals surface area contributed by atoms with Crippen molar-refractivity contribution in [3.05, 3.63) is 0 Å². The third kappa shape index (κ3) is 13.9. The number of aliphatic carboxylic acids is 1. The van der Waals surface area contributed by atoms with E-state index in [4.69, 9.17) is 5.73 Å². The van der Waals surface area contributed by atoms with Crippen LogP contribution in [0.15, 0.2) is 0 Å². The molecular formula is C23H40N6O8S4. The van der Waals surface area contributed by atoms with E-state index >= 15 is 0 Å². The lowest BCUT2D eigenvalue weighted by Gasteiger charge is -2.26. The van der Waals surface area contributed by atoms with Crippen molar-refractivity contribution in [3.8, 4) is 0 Å². The van der Waals surface area contributed by atoms with Gasteiger partial charge in [-0.15, -0.1) is 0 Å². The van der Waals surface area contributed by atoms with Gasteiger partial charge in [0.25, 0.3) is 0 Å². The first kappa shape index (κ1) is 37.3. The average molecular weight is 657 g/mol. The number of aliphatic hydroxyl groups excluding tert-OH is 1. The second-order valence-electron chi connectivity index (χ2n) is 9.26. The molecule has 1 unspecified atom stereocenters. The Kier molecular flexibility index (Phi) is 17.7. The number of carboxylic acids is 1. The SMILES string of the molecule is CC[C@@H]1CSSC[C@H](N)C(=O)N[C@@H](CC(=O)O)C(=O)N[C@H](C(C)=O)CSSC[C@H](NC)C(=O)NC([C@@H](C)O)C(=O)N1. The molecule has 0 aromatic heterocycles. The van der Waals surface area contributed by atoms with E-state index in [2.05, 4.69) is 26.6 Å². The van der Waals surface area contributed by atoms with E-state index in [1.54, 1.807) is 7.05 Å². The fourth-order valence-corrected chi connectivity index (χ4v) is 8.24. The molecule has 1 rings (SSSR count). The molecule has 1 aliphatic heterocycles. The standard InChI is InChI=1S/C23H40N6O8S4/c1-5-13-7-38-39-8-14(24)20(34)27-15(6-18(32)33)21(35)28-16(11(2)30)9-40-41-10-17(25-4)22(36)29-19(12(3)31)23(37)26-13/h12-17,19,25,31H,5-10,24H2,1-4H3,(H,26,37)(H,27,34)(H,28,35)(H,29,36)(H,32,33)/t12-,13-,14+,15+,16+,17+,19?/m1/s1. The molecule has 1 fully saturated rings. The van der Waals surface area contributed by atoms with Crippen LogP contribution in [0.5, 0.6) is 0 Å². The summed E-state index contributed by atoms with van der Waals surface area (Å²) in [5, 5.41) is 32.6. The Hall–Kier alpha value is -1.70. The number of rotatable bonds is 6. The molecule has 1 saturated heterocycles. The number of nitrogens with one attached hydrogen (secondary N) is 5. The Morgan fingerprint density at radius 1 is 0.927 bits per heavy atom.